The summed E-state index contributed by atoms with van der Waals surface area (Å²) in [5, 5.41) is 11.7. The van der Waals surface area contributed by atoms with Gasteiger partial charge in [-0.3, -0.25) is 0 Å². The van der Waals surface area contributed by atoms with E-state index in [9.17, 15) is 4.79 Å². The molecule has 33 heavy (non-hydrogen) atoms. The monoisotopic (exact) mass is 457 g/mol. The van der Waals surface area contributed by atoms with Crippen molar-refractivity contribution >= 4 is 23.6 Å². The quantitative estimate of drug-likeness (QED) is 0.706. The molecule has 1 saturated carbocycles. The molecule has 5 rings (SSSR count). The van der Waals surface area contributed by atoms with Crippen LogP contribution in [0.2, 0.25) is 0 Å². The number of hydrogen-bond donors (Lipinski definition) is 2. The van der Waals surface area contributed by atoms with E-state index < -0.39 is 5.60 Å². The molecule has 2 aliphatic heterocycles. The van der Waals surface area contributed by atoms with Gasteiger partial charge in [0.1, 0.15) is 5.60 Å². The standard InChI is InChI=1S/C23H35N7O3/c1-13(2)15-10-24-30-19(15)27-20(26-18-16-11-32-12-17(16)18)28-21(30)25-14-6-8-29(9-7-14)22(31)33-23(3,4)5/h10,13-14,16-18H,6-9,11-12H2,1-5H3,(H2,25,26,27,28)/t16-,17+,18?. The summed E-state index contributed by atoms with van der Waals surface area (Å²) in [4.78, 5) is 23.8. The minimum absolute atomic E-state index is 0.190. The summed E-state index contributed by atoms with van der Waals surface area (Å²) in [7, 11) is 0. The van der Waals surface area contributed by atoms with Crippen LogP contribution in [0, 0.1) is 11.8 Å². The van der Waals surface area contributed by atoms with E-state index in [1.807, 2.05) is 27.0 Å². The fraction of sp³-hybridized carbons (Fsp3) is 0.739. The minimum Gasteiger partial charge on any atom is -0.444 e. The van der Waals surface area contributed by atoms with Gasteiger partial charge in [0.15, 0.2) is 5.65 Å². The Morgan fingerprint density at radius 1 is 1.15 bits per heavy atom. The van der Waals surface area contributed by atoms with Crippen LogP contribution in [0.3, 0.4) is 0 Å². The fourth-order valence-electron chi connectivity index (χ4n) is 4.78. The lowest BCUT2D eigenvalue weighted by molar-refractivity contribution is 0.0210. The van der Waals surface area contributed by atoms with Gasteiger partial charge in [0.2, 0.25) is 11.9 Å². The highest BCUT2D eigenvalue weighted by Gasteiger charge is 2.54. The molecular formula is C23H35N7O3. The van der Waals surface area contributed by atoms with Crippen LogP contribution in [0.4, 0.5) is 16.7 Å². The molecule has 2 aromatic heterocycles. The lowest BCUT2D eigenvalue weighted by Gasteiger charge is -2.33. The molecule has 1 amide bonds. The molecule has 0 bridgehead atoms. The third kappa shape index (κ3) is 4.58. The SMILES string of the molecule is CC(C)c1cnn2c(NC3CCN(C(=O)OC(C)(C)C)CC3)nc(NC3[C@H]4COC[C@@H]34)nc12. The van der Waals surface area contributed by atoms with E-state index in [0.717, 1.165) is 37.3 Å². The van der Waals surface area contributed by atoms with Crippen LogP contribution >= 0.6 is 0 Å². The molecule has 0 radical (unpaired) electrons. The van der Waals surface area contributed by atoms with Crippen molar-refractivity contribution in [2.75, 3.05) is 36.9 Å². The van der Waals surface area contributed by atoms with Crippen molar-refractivity contribution in [2.45, 2.75) is 71.1 Å². The van der Waals surface area contributed by atoms with E-state index in [-0.39, 0.29) is 12.1 Å². The van der Waals surface area contributed by atoms with Crippen LogP contribution in [-0.4, -0.2) is 74.6 Å². The Morgan fingerprint density at radius 2 is 1.85 bits per heavy atom. The van der Waals surface area contributed by atoms with Crippen molar-refractivity contribution in [3.63, 3.8) is 0 Å². The molecule has 2 aromatic rings. The topological polar surface area (TPSA) is 106 Å². The molecule has 4 heterocycles. The zero-order valence-electron chi connectivity index (χ0n) is 20.2. The van der Waals surface area contributed by atoms with Crippen molar-refractivity contribution in [3.05, 3.63) is 11.8 Å². The Hall–Kier alpha value is -2.62. The van der Waals surface area contributed by atoms with Gasteiger partial charge in [-0.2, -0.15) is 19.6 Å². The molecule has 0 aromatic carbocycles. The average Bonchev–Trinajstić information content (AvgIpc) is 3.12. The number of aromatic nitrogens is 4. The number of carbonyl (C=O) groups excluding carboxylic acids is 1. The third-order valence-corrected chi connectivity index (χ3v) is 6.75. The normalized spacial score (nSPS) is 25.4. The molecule has 10 heteroatoms. The largest absolute Gasteiger partial charge is 0.444 e. The highest BCUT2D eigenvalue weighted by Crippen LogP contribution is 2.45. The van der Waals surface area contributed by atoms with E-state index in [1.165, 1.54) is 0 Å². The average molecular weight is 458 g/mol. The summed E-state index contributed by atoms with van der Waals surface area (Å²) < 4.78 is 12.8. The number of hydrogen-bond acceptors (Lipinski definition) is 8. The summed E-state index contributed by atoms with van der Waals surface area (Å²) >= 11 is 0. The highest BCUT2D eigenvalue weighted by atomic mass is 16.6. The maximum Gasteiger partial charge on any atom is 0.410 e. The number of nitrogens with zero attached hydrogens (tertiary/aromatic N) is 5. The molecule has 10 nitrogen and oxygen atoms in total. The van der Waals surface area contributed by atoms with Gasteiger partial charge in [0, 0.05) is 42.6 Å². The van der Waals surface area contributed by atoms with E-state index in [4.69, 9.17) is 19.4 Å². The molecule has 2 N–H and O–H groups in total. The smallest absolute Gasteiger partial charge is 0.410 e. The Balaban J connectivity index is 1.31. The van der Waals surface area contributed by atoms with Crippen molar-refractivity contribution < 1.29 is 14.3 Å². The van der Waals surface area contributed by atoms with Gasteiger partial charge in [0.05, 0.1) is 19.4 Å². The van der Waals surface area contributed by atoms with E-state index >= 15 is 0 Å². The number of likely N-dealkylation sites (tertiary alicyclic amines) is 1. The second-order valence-electron chi connectivity index (χ2n) is 10.8. The lowest BCUT2D eigenvalue weighted by atomic mass is 10.1. The number of amides is 1. The molecular weight excluding hydrogens is 422 g/mol. The molecule has 2 saturated heterocycles. The van der Waals surface area contributed by atoms with E-state index in [1.54, 1.807) is 9.42 Å². The van der Waals surface area contributed by atoms with Crippen LogP contribution < -0.4 is 10.6 Å². The van der Waals surface area contributed by atoms with Crippen molar-refractivity contribution in [1.82, 2.24) is 24.5 Å². The Morgan fingerprint density at radius 3 is 2.48 bits per heavy atom. The van der Waals surface area contributed by atoms with Crippen molar-refractivity contribution in [1.29, 1.82) is 0 Å². The summed E-state index contributed by atoms with van der Waals surface area (Å²) in [6.07, 6.45) is 3.27. The number of rotatable bonds is 5. The Labute approximate surface area is 194 Å². The summed E-state index contributed by atoms with van der Waals surface area (Å²) in [6, 6.07) is 0.576. The third-order valence-electron chi connectivity index (χ3n) is 6.75. The molecule has 3 atom stereocenters. The lowest BCUT2D eigenvalue weighted by Crippen LogP contribution is -2.44. The predicted molar refractivity (Wildman–Crippen MR) is 125 cm³/mol. The summed E-state index contributed by atoms with van der Waals surface area (Å²) in [6.45, 7) is 12.9. The number of carbonyl (C=O) groups is 1. The molecule has 1 unspecified atom stereocenters. The first kappa shape index (κ1) is 22.2. The van der Waals surface area contributed by atoms with Gasteiger partial charge < -0.3 is 25.0 Å². The second-order valence-corrected chi connectivity index (χ2v) is 10.8. The Bertz CT molecular complexity index is 1010. The predicted octanol–water partition coefficient (Wildman–Crippen LogP) is 3.12. The zero-order valence-corrected chi connectivity index (χ0v) is 20.2. The van der Waals surface area contributed by atoms with E-state index in [2.05, 4.69) is 29.6 Å². The number of anilines is 2. The fourth-order valence-corrected chi connectivity index (χ4v) is 4.78. The van der Waals surface area contributed by atoms with Crippen molar-refractivity contribution in [3.8, 4) is 0 Å². The first-order valence-electron chi connectivity index (χ1n) is 12.0. The van der Waals surface area contributed by atoms with Crippen LogP contribution in [0.25, 0.3) is 5.65 Å². The molecule has 3 fully saturated rings. The van der Waals surface area contributed by atoms with Gasteiger partial charge in [-0.15, -0.1) is 0 Å². The maximum absolute atomic E-state index is 12.4. The minimum atomic E-state index is -0.484. The van der Waals surface area contributed by atoms with Gasteiger partial charge in [0.25, 0.3) is 0 Å². The van der Waals surface area contributed by atoms with Crippen LogP contribution in [0.1, 0.15) is 58.9 Å². The first-order valence-corrected chi connectivity index (χ1v) is 12.0. The van der Waals surface area contributed by atoms with Gasteiger partial charge in [-0.05, 0) is 39.5 Å². The van der Waals surface area contributed by atoms with Crippen LogP contribution in [0.15, 0.2) is 6.20 Å². The van der Waals surface area contributed by atoms with Crippen molar-refractivity contribution in [2.24, 2.45) is 11.8 Å². The van der Waals surface area contributed by atoms with Crippen LogP contribution in [0.5, 0.6) is 0 Å². The second kappa shape index (κ2) is 8.30. The van der Waals surface area contributed by atoms with Gasteiger partial charge >= 0.3 is 6.09 Å². The molecule has 3 aliphatic rings. The van der Waals surface area contributed by atoms with Crippen LogP contribution in [-0.2, 0) is 9.47 Å². The molecule has 180 valence electrons. The number of piperidine rings is 1. The van der Waals surface area contributed by atoms with E-state index in [0.29, 0.717) is 48.8 Å². The number of fused-ring (bicyclic) bond motifs is 2. The zero-order chi connectivity index (χ0) is 23.3. The maximum atomic E-state index is 12.4. The number of nitrogens with one attached hydrogen (secondary N) is 2. The Kier molecular flexibility index (Phi) is 5.58. The highest BCUT2D eigenvalue weighted by molar-refractivity contribution is 5.68. The summed E-state index contributed by atoms with van der Waals surface area (Å²) in [5.41, 5.74) is 1.45. The van der Waals surface area contributed by atoms with Gasteiger partial charge in [-0.25, -0.2) is 4.79 Å². The number of ether oxygens (including phenoxy) is 2. The van der Waals surface area contributed by atoms with Gasteiger partial charge in [-0.1, -0.05) is 13.8 Å². The molecule has 1 aliphatic carbocycles. The summed E-state index contributed by atoms with van der Waals surface area (Å²) in [5.74, 6) is 2.76. The molecule has 0 spiro atoms. The first-order chi connectivity index (χ1) is 15.7.